The lowest BCUT2D eigenvalue weighted by Crippen LogP contribution is -2.28. The van der Waals surface area contributed by atoms with E-state index in [1.807, 2.05) is 18.7 Å². The van der Waals surface area contributed by atoms with Crippen LogP contribution in [0.15, 0.2) is 12.3 Å². The smallest absolute Gasteiger partial charge is 0.322 e. The lowest BCUT2D eigenvalue weighted by Gasteiger charge is -2.29. The van der Waals surface area contributed by atoms with Crippen LogP contribution in [-0.4, -0.2) is 39.8 Å². The van der Waals surface area contributed by atoms with Gasteiger partial charge in [0.25, 0.3) is 0 Å². The van der Waals surface area contributed by atoms with Crippen LogP contribution in [0.5, 0.6) is 0 Å². The monoisotopic (exact) mass is 289 g/mol. The van der Waals surface area contributed by atoms with Crippen molar-refractivity contribution in [3.8, 4) is 0 Å². The maximum atomic E-state index is 10.5. The van der Waals surface area contributed by atoms with E-state index in [1.54, 1.807) is 0 Å². The van der Waals surface area contributed by atoms with Gasteiger partial charge in [0, 0.05) is 28.7 Å². The molecule has 0 saturated carbocycles. The number of carbonyl (C=O) groups is 1. The maximum Gasteiger partial charge on any atom is 0.322 e. The quantitative estimate of drug-likeness (QED) is 0.545. The summed E-state index contributed by atoms with van der Waals surface area (Å²) in [5, 5.41) is 20.6. The second-order valence-electron chi connectivity index (χ2n) is 5.16. The topological polar surface area (TPSA) is 69.6 Å². The largest absolute Gasteiger partial charge is 0.480 e. The summed E-state index contributed by atoms with van der Waals surface area (Å²) in [6, 6.07) is 0. The van der Waals surface area contributed by atoms with Crippen molar-refractivity contribution in [3.63, 3.8) is 0 Å². The SMILES string of the molecule is C=C(NCC(=O)O)[C@@H](C)CSC(C)(CCC)CCO. The third-order valence-electron chi connectivity index (χ3n) is 3.16. The summed E-state index contributed by atoms with van der Waals surface area (Å²) in [6.07, 6.45) is 2.95. The average Bonchev–Trinajstić information content (AvgIpc) is 2.33. The van der Waals surface area contributed by atoms with Crippen LogP contribution in [0, 0.1) is 5.92 Å². The van der Waals surface area contributed by atoms with Gasteiger partial charge in [-0.25, -0.2) is 0 Å². The Labute approximate surface area is 120 Å². The molecule has 112 valence electrons. The molecule has 4 nitrogen and oxygen atoms in total. The number of carboxylic acid groups (broad SMARTS) is 1. The van der Waals surface area contributed by atoms with Gasteiger partial charge in [0.2, 0.25) is 0 Å². The number of nitrogens with one attached hydrogen (secondary N) is 1. The molecule has 0 aliphatic rings. The predicted molar refractivity (Wildman–Crippen MR) is 81.4 cm³/mol. The average molecular weight is 289 g/mol. The van der Waals surface area contributed by atoms with E-state index >= 15 is 0 Å². The van der Waals surface area contributed by atoms with Crippen molar-refractivity contribution in [2.45, 2.75) is 44.8 Å². The molecule has 0 aromatic heterocycles. The Bertz CT molecular complexity index is 288. The second-order valence-corrected chi connectivity index (χ2v) is 6.77. The molecule has 0 aliphatic carbocycles. The summed E-state index contributed by atoms with van der Waals surface area (Å²) in [7, 11) is 0. The van der Waals surface area contributed by atoms with E-state index in [-0.39, 0.29) is 23.8 Å². The number of aliphatic carboxylic acids is 1. The van der Waals surface area contributed by atoms with E-state index in [0.717, 1.165) is 30.7 Å². The molecule has 0 fully saturated rings. The number of carboxylic acids is 1. The summed E-state index contributed by atoms with van der Waals surface area (Å²) < 4.78 is 0.0881. The van der Waals surface area contributed by atoms with Gasteiger partial charge in [-0.3, -0.25) is 4.79 Å². The lowest BCUT2D eigenvalue weighted by molar-refractivity contribution is -0.135. The van der Waals surface area contributed by atoms with Crippen molar-refractivity contribution >= 4 is 17.7 Å². The number of allylic oxidation sites excluding steroid dienone is 1. The Morgan fingerprint density at radius 3 is 2.58 bits per heavy atom. The van der Waals surface area contributed by atoms with E-state index in [0.29, 0.717) is 0 Å². The van der Waals surface area contributed by atoms with E-state index < -0.39 is 5.97 Å². The molecule has 0 heterocycles. The zero-order valence-electron chi connectivity index (χ0n) is 12.2. The van der Waals surface area contributed by atoms with Crippen LogP contribution in [0.1, 0.15) is 40.0 Å². The van der Waals surface area contributed by atoms with Crippen LogP contribution in [0.4, 0.5) is 0 Å². The molecular formula is C14H27NO3S. The van der Waals surface area contributed by atoms with Crippen LogP contribution < -0.4 is 5.32 Å². The normalized spacial score (nSPS) is 15.6. The molecule has 0 radical (unpaired) electrons. The number of aliphatic hydroxyl groups is 1. The van der Waals surface area contributed by atoms with E-state index in [4.69, 9.17) is 10.2 Å². The highest BCUT2D eigenvalue weighted by atomic mass is 32.2. The van der Waals surface area contributed by atoms with Crippen LogP contribution in [0.2, 0.25) is 0 Å². The zero-order valence-corrected chi connectivity index (χ0v) is 13.1. The van der Waals surface area contributed by atoms with Crippen molar-refractivity contribution in [1.29, 1.82) is 0 Å². The minimum atomic E-state index is -0.878. The summed E-state index contributed by atoms with van der Waals surface area (Å²) >= 11 is 1.84. The first-order valence-electron chi connectivity index (χ1n) is 6.74. The first-order chi connectivity index (χ1) is 8.84. The van der Waals surface area contributed by atoms with E-state index in [1.165, 1.54) is 0 Å². The number of rotatable bonds is 11. The van der Waals surface area contributed by atoms with Gasteiger partial charge in [0.1, 0.15) is 6.54 Å². The van der Waals surface area contributed by atoms with Gasteiger partial charge in [-0.2, -0.15) is 11.8 Å². The fourth-order valence-corrected chi connectivity index (χ4v) is 3.26. The highest BCUT2D eigenvalue weighted by Crippen LogP contribution is 2.35. The van der Waals surface area contributed by atoms with Gasteiger partial charge in [0.05, 0.1) is 0 Å². The molecule has 0 amide bonds. The molecule has 0 bridgehead atoms. The molecule has 0 aliphatic heterocycles. The van der Waals surface area contributed by atoms with Gasteiger partial charge >= 0.3 is 5.97 Å². The fourth-order valence-electron chi connectivity index (χ4n) is 1.82. The number of hydrogen-bond donors (Lipinski definition) is 3. The molecule has 2 atom stereocenters. The van der Waals surface area contributed by atoms with Gasteiger partial charge in [-0.05, 0) is 12.8 Å². The number of aliphatic hydroxyl groups excluding tert-OH is 1. The molecule has 0 aromatic rings. The Balaban J connectivity index is 4.20. The third kappa shape index (κ3) is 8.16. The number of hydrogen-bond acceptors (Lipinski definition) is 4. The van der Waals surface area contributed by atoms with Gasteiger partial charge < -0.3 is 15.5 Å². The highest BCUT2D eigenvalue weighted by Gasteiger charge is 2.24. The molecule has 0 aromatic carbocycles. The molecular weight excluding hydrogens is 262 g/mol. The van der Waals surface area contributed by atoms with Gasteiger partial charge in [-0.1, -0.05) is 33.8 Å². The van der Waals surface area contributed by atoms with E-state index in [9.17, 15) is 4.79 Å². The van der Waals surface area contributed by atoms with E-state index in [2.05, 4.69) is 25.7 Å². The summed E-state index contributed by atoms with van der Waals surface area (Å²) in [5.41, 5.74) is 0.762. The molecule has 5 heteroatoms. The molecule has 0 saturated heterocycles. The molecule has 1 unspecified atom stereocenters. The zero-order chi connectivity index (χ0) is 14.9. The number of thioether (sulfide) groups is 1. The van der Waals surface area contributed by atoms with Crippen molar-refractivity contribution in [1.82, 2.24) is 5.32 Å². The Morgan fingerprint density at radius 1 is 1.47 bits per heavy atom. The predicted octanol–water partition coefficient (Wildman–Crippen LogP) is 2.48. The van der Waals surface area contributed by atoms with Gasteiger partial charge in [0.15, 0.2) is 0 Å². The van der Waals surface area contributed by atoms with Crippen molar-refractivity contribution in [3.05, 3.63) is 12.3 Å². The van der Waals surface area contributed by atoms with Crippen molar-refractivity contribution in [2.24, 2.45) is 5.92 Å². The highest BCUT2D eigenvalue weighted by molar-refractivity contribution is 8.00. The molecule has 19 heavy (non-hydrogen) atoms. The third-order valence-corrected chi connectivity index (χ3v) is 4.93. The summed E-state index contributed by atoms with van der Waals surface area (Å²) in [4.78, 5) is 10.5. The second kappa shape index (κ2) is 9.26. The Kier molecular flexibility index (Phi) is 8.93. The van der Waals surface area contributed by atoms with Crippen molar-refractivity contribution in [2.75, 3.05) is 18.9 Å². The molecule has 3 N–H and O–H groups in total. The van der Waals surface area contributed by atoms with Crippen LogP contribution >= 0.6 is 11.8 Å². The molecule has 0 spiro atoms. The fraction of sp³-hybridized carbons (Fsp3) is 0.786. The summed E-state index contributed by atoms with van der Waals surface area (Å²) in [6.45, 7) is 10.4. The first-order valence-corrected chi connectivity index (χ1v) is 7.72. The van der Waals surface area contributed by atoms with Crippen molar-refractivity contribution < 1.29 is 15.0 Å². The van der Waals surface area contributed by atoms with Gasteiger partial charge in [-0.15, -0.1) is 0 Å². The van der Waals surface area contributed by atoms with Crippen LogP contribution in [0.3, 0.4) is 0 Å². The Morgan fingerprint density at radius 2 is 2.11 bits per heavy atom. The van der Waals surface area contributed by atoms with Crippen LogP contribution in [0.25, 0.3) is 0 Å². The standard InChI is InChI=1S/C14H27NO3S/c1-5-6-14(4,7-8-16)19-10-11(2)12(3)15-9-13(17)18/h11,15-16H,3,5-10H2,1-2,4H3,(H,17,18)/t11-,14?/m0/s1. The molecule has 0 rings (SSSR count). The summed E-state index contributed by atoms with van der Waals surface area (Å²) in [5.74, 6) is 0.207. The lowest BCUT2D eigenvalue weighted by atomic mass is 10.0. The minimum Gasteiger partial charge on any atom is -0.480 e. The minimum absolute atomic E-state index is 0.0866. The van der Waals surface area contributed by atoms with Crippen LogP contribution in [-0.2, 0) is 4.79 Å². The Hall–Kier alpha value is -0.680. The first kappa shape index (κ1) is 18.3. The maximum absolute atomic E-state index is 10.5.